The predicted molar refractivity (Wildman–Crippen MR) is 168 cm³/mol. The van der Waals surface area contributed by atoms with Gasteiger partial charge in [0.05, 0.1) is 32.2 Å². The van der Waals surface area contributed by atoms with Gasteiger partial charge in [-0.2, -0.15) is 0 Å². The number of hydrogen-bond acceptors (Lipinski definition) is 3. The second-order valence-electron chi connectivity index (χ2n) is 10.6. The molecule has 0 aromatic heterocycles. The van der Waals surface area contributed by atoms with E-state index in [1.54, 1.807) is 6.26 Å². The Balaban J connectivity index is 0.000000449. The third-order valence-electron chi connectivity index (χ3n) is 7.79. The molecule has 2 aliphatic rings. The van der Waals surface area contributed by atoms with Gasteiger partial charge in [-0.3, -0.25) is 0 Å². The molecule has 0 saturated carbocycles. The minimum atomic E-state index is 0.146. The predicted octanol–water partition coefficient (Wildman–Crippen LogP) is 9.39. The van der Waals surface area contributed by atoms with Crippen LogP contribution < -0.4 is 0 Å². The van der Waals surface area contributed by atoms with Crippen molar-refractivity contribution in [2.75, 3.05) is 6.61 Å². The summed E-state index contributed by atoms with van der Waals surface area (Å²) in [4.78, 5) is 0. The Morgan fingerprint density at radius 1 is 0.659 bits per heavy atom. The topological polar surface area (TPSA) is 27.7 Å². The van der Waals surface area contributed by atoms with E-state index in [0.29, 0.717) is 19.8 Å². The van der Waals surface area contributed by atoms with Gasteiger partial charge in [0, 0.05) is 0 Å². The summed E-state index contributed by atoms with van der Waals surface area (Å²) in [6, 6.07) is 36.6. The van der Waals surface area contributed by atoms with Crippen molar-refractivity contribution in [2.45, 2.75) is 45.2 Å². The molecule has 1 unspecified atom stereocenters. The highest BCUT2D eigenvalue weighted by Crippen LogP contribution is 2.40. The normalized spacial score (nSPS) is 15.7. The molecule has 5 aromatic rings. The number of hydrogen-bond donors (Lipinski definition) is 0. The van der Waals surface area contributed by atoms with Gasteiger partial charge in [-0.05, 0) is 86.8 Å². The lowest BCUT2D eigenvalue weighted by Crippen LogP contribution is -2.13. The van der Waals surface area contributed by atoms with Crippen LogP contribution in [0.5, 0.6) is 0 Å². The molecule has 5 aromatic carbocycles. The van der Waals surface area contributed by atoms with E-state index in [1.807, 2.05) is 24.3 Å². The summed E-state index contributed by atoms with van der Waals surface area (Å²) in [6.45, 7) is 2.61. The van der Waals surface area contributed by atoms with Crippen LogP contribution in [-0.4, -0.2) is 6.61 Å². The van der Waals surface area contributed by atoms with Crippen LogP contribution >= 0.6 is 0 Å². The van der Waals surface area contributed by atoms with Crippen LogP contribution in [0.3, 0.4) is 0 Å². The Hall–Kier alpha value is -4.18. The van der Waals surface area contributed by atoms with E-state index < -0.39 is 0 Å². The number of ether oxygens (including phenoxy) is 3. The van der Waals surface area contributed by atoms with Crippen LogP contribution in [0.15, 0.2) is 128 Å². The van der Waals surface area contributed by atoms with Gasteiger partial charge in [0.1, 0.15) is 6.61 Å². The van der Waals surface area contributed by atoms with Crippen LogP contribution in [-0.2, 0) is 40.5 Å². The molecule has 1 heterocycles. The summed E-state index contributed by atoms with van der Waals surface area (Å²) < 4.78 is 17.4. The maximum absolute atomic E-state index is 6.45. The second kappa shape index (κ2) is 13.5. The van der Waals surface area contributed by atoms with Crippen molar-refractivity contribution < 1.29 is 14.2 Å². The molecule has 206 valence electrons. The highest BCUT2D eigenvalue weighted by molar-refractivity contribution is 6.10. The van der Waals surface area contributed by atoms with Crippen molar-refractivity contribution in [3.05, 3.63) is 155 Å². The van der Waals surface area contributed by atoms with Gasteiger partial charge >= 0.3 is 0 Å². The first-order chi connectivity index (χ1) is 20.4. The van der Waals surface area contributed by atoms with Crippen LogP contribution in [0.25, 0.3) is 21.5 Å². The van der Waals surface area contributed by atoms with Crippen LogP contribution in [0.4, 0.5) is 0 Å². The molecule has 0 radical (unpaired) electrons. The summed E-state index contributed by atoms with van der Waals surface area (Å²) >= 11 is 0. The average molecular weight is 541 g/mol. The molecule has 0 spiro atoms. The zero-order valence-corrected chi connectivity index (χ0v) is 23.4. The first kappa shape index (κ1) is 27.0. The molecule has 3 nitrogen and oxygen atoms in total. The molecule has 7 rings (SSSR count). The van der Waals surface area contributed by atoms with Crippen LogP contribution in [0.2, 0.25) is 0 Å². The molecule has 41 heavy (non-hydrogen) atoms. The van der Waals surface area contributed by atoms with Crippen molar-refractivity contribution >= 4 is 21.5 Å². The Morgan fingerprint density at radius 2 is 1.37 bits per heavy atom. The van der Waals surface area contributed by atoms with E-state index in [4.69, 9.17) is 14.2 Å². The van der Waals surface area contributed by atoms with Gasteiger partial charge in [-0.25, -0.2) is 0 Å². The number of benzene rings is 5. The highest BCUT2D eigenvalue weighted by atomic mass is 16.5. The van der Waals surface area contributed by atoms with E-state index in [2.05, 4.69) is 97.1 Å². The first-order valence-electron chi connectivity index (χ1n) is 14.5. The van der Waals surface area contributed by atoms with Crippen molar-refractivity contribution in [2.24, 2.45) is 0 Å². The Kier molecular flexibility index (Phi) is 8.86. The molecular weight excluding hydrogens is 504 g/mol. The number of aryl methyl sites for hydroxylation is 1. The maximum Gasteiger partial charge on any atom is 0.106 e. The molecule has 0 saturated heterocycles. The Bertz CT molecular complexity index is 1630. The van der Waals surface area contributed by atoms with Gasteiger partial charge in [0.15, 0.2) is 0 Å². The van der Waals surface area contributed by atoms with Crippen molar-refractivity contribution in [1.29, 1.82) is 0 Å². The van der Waals surface area contributed by atoms with Crippen LogP contribution in [0, 0.1) is 0 Å². The fourth-order valence-corrected chi connectivity index (χ4v) is 5.79. The maximum atomic E-state index is 6.45. The molecule has 0 N–H and O–H groups in total. The van der Waals surface area contributed by atoms with E-state index in [1.165, 1.54) is 49.4 Å². The van der Waals surface area contributed by atoms with Gasteiger partial charge in [-0.15, -0.1) is 0 Å². The SMILES string of the molecule is C1=CCOC=C1.c1ccc(COCc2cc3c4c(ccc3c3ccccc23)C(OCc2ccccc2)CCC4)cc1. The molecule has 1 aliphatic heterocycles. The number of allylic oxidation sites excluding steroid dienone is 2. The van der Waals surface area contributed by atoms with Crippen molar-refractivity contribution in [3.63, 3.8) is 0 Å². The standard InChI is InChI=1S/C33H30O2.C5H6O/c1-3-10-24(11-4-1)21-34-23-26-20-32-29-16-9-17-33(35-22-25-12-5-2-6-13-25)31(29)19-18-30(32)28-15-8-7-14-27(26)28;1-2-4-6-5-3-1/h1-8,10-15,18-20,33H,9,16-17,21-23H2;1-4H,5H2. The fourth-order valence-electron chi connectivity index (χ4n) is 5.79. The first-order valence-corrected chi connectivity index (χ1v) is 14.5. The summed E-state index contributed by atoms with van der Waals surface area (Å²) in [6.07, 6.45) is 10.9. The third kappa shape index (κ3) is 6.59. The number of rotatable bonds is 7. The molecule has 0 amide bonds. The van der Waals surface area contributed by atoms with E-state index >= 15 is 0 Å². The van der Waals surface area contributed by atoms with Gasteiger partial charge in [0.2, 0.25) is 0 Å². The fraction of sp³-hybridized carbons (Fsp3) is 0.211. The van der Waals surface area contributed by atoms with E-state index in [0.717, 1.165) is 25.9 Å². The molecule has 0 fully saturated rings. The lowest BCUT2D eigenvalue weighted by molar-refractivity contribution is 0.0284. The average Bonchev–Trinajstić information content (AvgIpc) is 3.06. The quantitative estimate of drug-likeness (QED) is 0.193. The second-order valence-corrected chi connectivity index (χ2v) is 10.6. The zero-order valence-electron chi connectivity index (χ0n) is 23.4. The van der Waals surface area contributed by atoms with Crippen LogP contribution in [0.1, 0.15) is 46.8 Å². The van der Waals surface area contributed by atoms with E-state index in [-0.39, 0.29) is 6.10 Å². The minimum absolute atomic E-state index is 0.146. The molecule has 0 bridgehead atoms. The highest BCUT2D eigenvalue weighted by Gasteiger charge is 2.23. The smallest absolute Gasteiger partial charge is 0.106 e. The molecule has 1 aliphatic carbocycles. The van der Waals surface area contributed by atoms with Gasteiger partial charge in [-0.1, -0.05) is 103 Å². The zero-order chi connectivity index (χ0) is 27.7. The van der Waals surface area contributed by atoms with Gasteiger partial charge in [0.25, 0.3) is 0 Å². The third-order valence-corrected chi connectivity index (χ3v) is 7.79. The van der Waals surface area contributed by atoms with Crippen molar-refractivity contribution in [1.82, 2.24) is 0 Å². The molecule has 3 heteroatoms. The van der Waals surface area contributed by atoms with Gasteiger partial charge < -0.3 is 14.2 Å². The van der Waals surface area contributed by atoms with Crippen molar-refractivity contribution in [3.8, 4) is 0 Å². The van der Waals surface area contributed by atoms with E-state index in [9.17, 15) is 0 Å². The Morgan fingerprint density at radius 3 is 2.05 bits per heavy atom. The summed E-state index contributed by atoms with van der Waals surface area (Å²) in [5.41, 5.74) is 6.48. The lowest BCUT2D eigenvalue weighted by atomic mass is 9.84. The molecular formula is C38H36O3. The summed E-state index contributed by atoms with van der Waals surface area (Å²) in [5, 5.41) is 5.27. The minimum Gasteiger partial charge on any atom is -0.497 e. The monoisotopic (exact) mass is 540 g/mol. The summed E-state index contributed by atoms with van der Waals surface area (Å²) in [5.74, 6) is 0. The number of fused-ring (bicyclic) bond motifs is 5. The molecule has 1 atom stereocenters. The largest absolute Gasteiger partial charge is 0.497 e. The lowest BCUT2D eigenvalue weighted by Gasteiger charge is -2.27. The Labute approximate surface area is 242 Å². The summed E-state index contributed by atoms with van der Waals surface area (Å²) in [7, 11) is 0.